The fourth-order valence-corrected chi connectivity index (χ4v) is 3.32. The van der Waals surface area contributed by atoms with Crippen LogP contribution >= 0.6 is 7.60 Å². The fraction of sp³-hybridized carbons (Fsp3) is 0.462. The van der Waals surface area contributed by atoms with Gasteiger partial charge in [-0.25, -0.2) is 0 Å². The van der Waals surface area contributed by atoms with E-state index in [1.54, 1.807) is 13.8 Å². The summed E-state index contributed by atoms with van der Waals surface area (Å²) in [6, 6.07) is 4.35. The van der Waals surface area contributed by atoms with Crippen LogP contribution in [0.2, 0.25) is 0 Å². The highest BCUT2D eigenvalue weighted by molar-refractivity contribution is 7.54. The van der Waals surface area contributed by atoms with Gasteiger partial charge in [-0.15, -0.1) is 0 Å². The number of carbonyl (C=O) groups is 1. The Bertz CT molecular complexity index is 532. The van der Waals surface area contributed by atoms with Gasteiger partial charge < -0.3 is 9.05 Å². The SMILES string of the molecule is CCOP(=O)(CC(=O)c1ccccc1C(F)(F)F)OCC. The van der Waals surface area contributed by atoms with Gasteiger partial charge in [-0.05, 0) is 19.9 Å². The molecule has 1 aromatic rings. The van der Waals surface area contributed by atoms with Crippen LogP contribution in [0.4, 0.5) is 13.2 Å². The molecule has 8 heteroatoms. The lowest BCUT2D eigenvalue weighted by molar-refractivity contribution is -0.137. The number of hydrogen-bond donors (Lipinski definition) is 0. The fourth-order valence-electron chi connectivity index (χ4n) is 1.76. The first-order valence-corrected chi connectivity index (χ1v) is 8.04. The third-order valence-electron chi connectivity index (χ3n) is 2.52. The van der Waals surface area contributed by atoms with Crippen molar-refractivity contribution in [2.75, 3.05) is 19.4 Å². The van der Waals surface area contributed by atoms with Crippen molar-refractivity contribution in [3.8, 4) is 0 Å². The molecular formula is C13H16F3O4P. The number of rotatable bonds is 7. The lowest BCUT2D eigenvalue weighted by Crippen LogP contribution is -2.16. The first kappa shape index (κ1) is 17.9. The van der Waals surface area contributed by atoms with Crippen molar-refractivity contribution < 1.29 is 31.6 Å². The summed E-state index contributed by atoms with van der Waals surface area (Å²) in [7, 11) is -3.73. The molecule has 0 atom stereocenters. The standard InChI is InChI=1S/C13H16F3O4P/c1-3-19-21(18,20-4-2)9-12(17)10-7-5-6-8-11(10)13(14,15)16/h5-8H,3-4,9H2,1-2H3. The number of hydrogen-bond acceptors (Lipinski definition) is 4. The Morgan fingerprint density at radius 2 is 1.67 bits per heavy atom. The summed E-state index contributed by atoms with van der Waals surface area (Å²) in [5, 5.41) is 0. The minimum atomic E-state index is -4.66. The number of alkyl halides is 3. The molecule has 0 heterocycles. The predicted octanol–water partition coefficient (Wildman–Crippen LogP) is 4.15. The Morgan fingerprint density at radius 1 is 1.14 bits per heavy atom. The van der Waals surface area contributed by atoms with Gasteiger partial charge in [-0.1, -0.05) is 18.2 Å². The largest absolute Gasteiger partial charge is 0.417 e. The second kappa shape index (κ2) is 7.20. The van der Waals surface area contributed by atoms with E-state index in [0.29, 0.717) is 0 Å². The molecule has 0 bridgehead atoms. The van der Waals surface area contributed by atoms with Crippen LogP contribution in [0.5, 0.6) is 0 Å². The van der Waals surface area contributed by atoms with Crippen molar-refractivity contribution in [1.82, 2.24) is 0 Å². The van der Waals surface area contributed by atoms with E-state index in [0.717, 1.165) is 12.1 Å². The highest BCUT2D eigenvalue weighted by Crippen LogP contribution is 2.48. The van der Waals surface area contributed by atoms with Gasteiger partial charge in [0.2, 0.25) is 0 Å². The zero-order valence-electron chi connectivity index (χ0n) is 11.6. The Balaban J connectivity index is 3.07. The third kappa shape index (κ3) is 4.95. The van der Waals surface area contributed by atoms with E-state index in [-0.39, 0.29) is 13.2 Å². The summed E-state index contributed by atoms with van der Waals surface area (Å²) < 4.78 is 60.6. The van der Waals surface area contributed by atoms with Crippen LogP contribution in [-0.2, 0) is 19.8 Å². The van der Waals surface area contributed by atoms with Gasteiger partial charge in [0.25, 0.3) is 0 Å². The van der Waals surface area contributed by atoms with E-state index < -0.39 is 36.8 Å². The lowest BCUT2D eigenvalue weighted by Gasteiger charge is -2.17. The monoisotopic (exact) mass is 324 g/mol. The van der Waals surface area contributed by atoms with Gasteiger partial charge in [-0.2, -0.15) is 13.2 Å². The van der Waals surface area contributed by atoms with E-state index in [9.17, 15) is 22.5 Å². The van der Waals surface area contributed by atoms with E-state index in [4.69, 9.17) is 9.05 Å². The van der Waals surface area contributed by atoms with Gasteiger partial charge in [0.15, 0.2) is 5.78 Å². The van der Waals surface area contributed by atoms with Crippen LogP contribution in [0.25, 0.3) is 0 Å². The maximum atomic E-state index is 12.9. The average molecular weight is 324 g/mol. The molecule has 1 aromatic carbocycles. The molecule has 0 saturated heterocycles. The van der Waals surface area contributed by atoms with Gasteiger partial charge >= 0.3 is 13.8 Å². The molecule has 0 aliphatic heterocycles. The molecule has 118 valence electrons. The molecule has 0 radical (unpaired) electrons. The Kier molecular flexibility index (Phi) is 6.13. The molecule has 0 fully saturated rings. The van der Waals surface area contributed by atoms with E-state index in [1.165, 1.54) is 12.1 Å². The van der Waals surface area contributed by atoms with Crippen molar-refractivity contribution in [1.29, 1.82) is 0 Å². The molecule has 0 saturated carbocycles. The molecule has 0 amide bonds. The summed E-state index contributed by atoms with van der Waals surface area (Å²) in [6.45, 7) is 3.18. The highest BCUT2D eigenvalue weighted by Gasteiger charge is 2.37. The molecule has 0 unspecified atom stereocenters. The number of carbonyl (C=O) groups excluding carboxylic acids is 1. The van der Waals surface area contributed by atoms with Crippen molar-refractivity contribution in [3.05, 3.63) is 35.4 Å². The average Bonchev–Trinajstić information content (AvgIpc) is 2.38. The van der Waals surface area contributed by atoms with Crippen molar-refractivity contribution >= 4 is 13.4 Å². The smallest absolute Gasteiger partial charge is 0.309 e. The summed E-state index contributed by atoms with van der Waals surface area (Å²) in [6.07, 6.45) is -5.38. The molecule has 0 spiro atoms. The van der Waals surface area contributed by atoms with Gasteiger partial charge in [0.1, 0.15) is 6.16 Å². The van der Waals surface area contributed by atoms with Crippen LogP contribution in [0, 0.1) is 0 Å². The summed E-state index contributed by atoms with van der Waals surface area (Å²) in [5.74, 6) is -0.923. The maximum absolute atomic E-state index is 12.9. The first-order valence-electron chi connectivity index (χ1n) is 6.31. The van der Waals surface area contributed by atoms with Gasteiger partial charge in [0.05, 0.1) is 18.8 Å². The first-order chi connectivity index (χ1) is 9.73. The van der Waals surface area contributed by atoms with Crippen LogP contribution in [0.15, 0.2) is 24.3 Å². The molecule has 1 rings (SSSR count). The van der Waals surface area contributed by atoms with E-state index >= 15 is 0 Å². The topological polar surface area (TPSA) is 52.6 Å². The zero-order valence-corrected chi connectivity index (χ0v) is 12.5. The Morgan fingerprint density at radius 3 is 2.14 bits per heavy atom. The minimum absolute atomic E-state index is 0.0332. The van der Waals surface area contributed by atoms with Gasteiger partial charge in [0, 0.05) is 5.56 Å². The summed E-state index contributed by atoms with van der Waals surface area (Å²) in [5.41, 5.74) is -1.60. The third-order valence-corrected chi connectivity index (χ3v) is 4.50. The van der Waals surface area contributed by atoms with E-state index in [1.807, 2.05) is 0 Å². The minimum Gasteiger partial charge on any atom is -0.309 e. The predicted molar refractivity (Wildman–Crippen MR) is 71.5 cm³/mol. The lowest BCUT2D eigenvalue weighted by atomic mass is 10.0. The second-order valence-corrected chi connectivity index (χ2v) is 6.13. The highest BCUT2D eigenvalue weighted by atomic mass is 31.2. The maximum Gasteiger partial charge on any atom is 0.417 e. The molecular weight excluding hydrogens is 308 g/mol. The summed E-state index contributed by atoms with van der Waals surface area (Å²) in [4.78, 5) is 12.0. The number of Topliss-reactive ketones (excluding diaryl/α,β-unsaturated/α-hetero) is 1. The van der Waals surface area contributed by atoms with Crippen molar-refractivity contribution in [2.24, 2.45) is 0 Å². The molecule has 21 heavy (non-hydrogen) atoms. The van der Waals surface area contributed by atoms with Crippen LogP contribution in [-0.4, -0.2) is 25.2 Å². The Hall–Kier alpha value is -1.17. The molecule has 0 aliphatic rings. The molecule has 0 aliphatic carbocycles. The quantitative estimate of drug-likeness (QED) is 0.558. The number of halogens is 3. The number of ketones is 1. The second-order valence-electron chi connectivity index (χ2n) is 4.07. The van der Waals surface area contributed by atoms with Crippen LogP contribution in [0.1, 0.15) is 29.8 Å². The number of benzene rings is 1. The molecule has 0 aromatic heterocycles. The van der Waals surface area contributed by atoms with E-state index in [2.05, 4.69) is 0 Å². The summed E-state index contributed by atoms with van der Waals surface area (Å²) >= 11 is 0. The molecule has 0 N–H and O–H groups in total. The normalized spacial score (nSPS) is 12.4. The van der Waals surface area contributed by atoms with Crippen LogP contribution < -0.4 is 0 Å². The zero-order chi connectivity index (χ0) is 16.1. The van der Waals surface area contributed by atoms with Gasteiger partial charge in [-0.3, -0.25) is 9.36 Å². The van der Waals surface area contributed by atoms with Crippen molar-refractivity contribution in [2.45, 2.75) is 20.0 Å². The molecule has 4 nitrogen and oxygen atoms in total. The van der Waals surface area contributed by atoms with Crippen LogP contribution in [0.3, 0.4) is 0 Å². The van der Waals surface area contributed by atoms with Crippen molar-refractivity contribution in [3.63, 3.8) is 0 Å². The Labute approximate surface area is 120 Å².